The van der Waals surface area contributed by atoms with Crippen LogP contribution < -0.4 is 10.6 Å². The van der Waals surface area contributed by atoms with Crippen molar-refractivity contribution in [3.8, 4) is 0 Å². The number of nitrogens with zero attached hydrogens (tertiary/aromatic N) is 3. The predicted molar refractivity (Wildman–Crippen MR) is 63.5 cm³/mol. The van der Waals surface area contributed by atoms with Crippen molar-refractivity contribution in [2.75, 3.05) is 19.4 Å². The maximum atomic E-state index is 5.18. The van der Waals surface area contributed by atoms with Crippen molar-refractivity contribution >= 4 is 17.8 Å². The molecular formula is C10H15N5O. The van der Waals surface area contributed by atoms with Gasteiger partial charge < -0.3 is 9.32 Å². The summed E-state index contributed by atoms with van der Waals surface area (Å²) in [5.41, 5.74) is 0. The summed E-state index contributed by atoms with van der Waals surface area (Å²) in [4.78, 5) is 10.5. The predicted octanol–water partition coefficient (Wildman–Crippen LogP) is 0.914. The maximum Gasteiger partial charge on any atom is 0.207 e. The van der Waals surface area contributed by atoms with E-state index in [4.69, 9.17) is 4.42 Å². The van der Waals surface area contributed by atoms with Gasteiger partial charge in [-0.3, -0.25) is 10.6 Å². The van der Waals surface area contributed by atoms with Gasteiger partial charge in [-0.05, 0) is 13.0 Å². The summed E-state index contributed by atoms with van der Waals surface area (Å²) in [6.45, 7) is 1.92. The number of rotatable bonds is 1. The van der Waals surface area contributed by atoms with Gasteiger partial charge in [0.05, 0.1) is 6.26 Å². The van der Waals surface area contributed by atoms with E-state index < -0.39 is 0 Å². The van der Waals surface area contributed by atoms with E-state index >= 15 is 0 Å². The van der Waals surface area contributed by atoms with Crippen molar-refractivity contribution in [1.29, 1.82) is 0 Å². The average molecular weight is 221 g/mol. The maximum absolute atomic E-state index is 5.18. The molecule has 6 heteroatoms. The van der Waals surface area contributed by atoms with Crippen molar-refractivity contribution in [3.05, 3.63) is 18.4 Å². The SMILES string of the molecule is CC1N=C(Nc2ccco2)NC(N(C)C)=N1. The zero-order valence-electron chi connectivity index (χ0n) is 9.56. The zero-order valence-corrected chi connectivity index (χ0v) is 9.56. The van der Waals surface area contributed by atoms with Crippen LogP contribution in [0.1, 0.15) is 6.92 Å². The van der Waals surface area contributed by atoms with E-state index in [1.165, 1.54) is 0 Å². The highest BCUT2D eigenvalue weighted by Crippen LogP contribution is 2.08. The van der Waals surface area contributed by atoms with Gasteiger partial charge in [0, 0.05) is 20.2 Å². The Balaban J connectivity index is 2.07. The van der Waals surface area contributed by atoms with E-state index in [1.54, 1.807) is 6.26 Å². The van der Waals surface area contributed by atoms with E-state index in [9.17, 15) is 0 Å². The Kier molecular flexibility index (Phi) is 2.80. The minimum Gasteiger partial charge on any atom is -0.449 e. The zero-order chi connectivity index (χ0) is 11.5. The van der Waals surface area contributed by atoms with E-state index in [-0.39, 0.29) is 6.17 Å². The van der Waals surface area contributed by atoms with Crippen LogP contribution in [0.15, 0.2) is 32.8 Å². The number of aliphatic imine (C=N–C) groups is 2. The average Bonchev–Trinajstić information content (AvgIpc) is 2.69. The Morgan fingerprint density at radius 2 is 2.25 bits per heavy atom. The molecule has 86 valence electrons. The molecule has 1 aromatic rings. The Morgan fingerprint density at radius 1 is 1.44 bits per heavy atom. The molecule has 1 aromatic heterocycles. The molecule has 0 fully saturated rings. The highest BCUT2D eigenvalue weighted by Gasteiger charge is 2.15. The van der Waals surface area contributed by atoms with Gasteiger partial charge >= 0.3 is 0 Å². The lowest BCUT2D eigenvalue weighted by molar-refractivity contribution is 0.576. The molecule has 0 saturated heterocycles. The molecule has 2 N–H and O–H groups in total. The summed E-state index contributed by atoms with van der Waals surface area (Å²) in [7, 11) is 3.85. The van der Waals surface area contributed by atoms with Gasteiger partial charge in [-0.1, -0.05) is 0 Å². The van der Waals surface area contributed by atoms with Crippen molar-refractivity contribution in [1.82, 2.24) is 10.2 Å². The Bertz CT molecular complexity index is 407. The highest BCUT2D eigenvalue weighted by molar-refractivity contribution is 6.05. The summed E-state index contributed by atoms with van der Waals surface area (Å²) in [5.74, 6) is 2.07. The molecule has 6 nitrogen and oxygen atoms in total. The molecule has 2 heterocycles. The third kappa shape index (κ3) is 2.33. The topological polar surface area (TPSA) is 65.2 Å². The van der Waals surface area contributed by atoms with Crippen molar-refractivity contribution in [3.63, 3.8) is 0 Å². The summed E-state index contributed by atoms with van der Waals surface area (Å²) in [5, 5.41) is 6.12. The van der Waals surface area contributed by atoms with Crippen LogP contribution in [0.3, 0.4) is 0 Å². The van der Waals surface area contributed by atoms with Crippen molar-refractivity contribution in [2.24, 2.45) is 9.98 Å². The molecule has 2 rings (SSSR count). The minimum absolute atomic E-state index is 0.101. The van der Waals surface area contributed by atoms with Crippen LogP contribution in [-0.4, -0.2) is 37.1 Å². The number of furan rings is 1. The van der Waals surface area contributed by atoms with Gasteiger partial charge in [-0.25, -0.2) is 9.98 Å². The van der Waals surface area contributed by atoms with Crippen LogP contribution in [0.4, 0.5) is 5.88 Å². The number of anilines is 1. The molecule has 1 unspecified atom stereocenters. The molecule has 0 spiro atoms. The second kappa shape index (κ2) is 4.26. The summed E-state index contributed by atoms with van der Waals surface area (Å²) in [6.07, 6.45) is 1.51. The molecule has 0 amide bonds. The van der Waals surface area contributed by atoms with Crippen LogP contribution in [0, 0.1) is 0 Å². The van der Waals surface area contributed by atoms with E-state index in [1.807, 2.05) is 38.1 Å². The molecule has 0 bridgehead atoms. The van der Waals surface area contributed by atoms with Crippen LogP contribution in [0.2, 0.25) is 0 Å². The molecular weight excluding hydrogens is 206 g/mol. The lowest BCUT2D eigenvalue weighted by atomic mass is 10.5. The van der Waals surface area contributed by atoms with Crippen molar-refractivity contribution in [2.45, 2.75) is 13.1 Å². The standard InChI is InChI=1S/C10H15N5O/c1-7-11-9(13-8-5-4-6-16-8)14-10(12-7)15(2)3/h4-7H,1-3H3,(H2,11,12,13,14). The molecule has 1 aliphatic heterocycles. The number of hydrogen-bond donors (Lipinski definition) is 2. The number of nitrogens with one attached hydrogen (secondary N) is 2. The highest BCUT2D eigenvalue weighted by atomic mass is 16.3. The monoisotopic (exact) mass is 221 g/mol. The molecule has 16 heavy (non-hydrogen) atoms. The summed E-state index contributed by atoms with van der Waals surface area (Å²) in [6, 6.07) is 3.64. The minimum atomic E-state index is -0.101. The number of guanidine groups is 2. The quantitative estimate of drug-likeness (QED) is 0.740. The first-order valence-corrected chi connectivity index (χ1v) is 5.05. The van der Waals surface area contributed by atoms with Gasteiger partial charge in [-0.15, -0.1) is 0 Å². The van der Waals surface area contributed by atoms with Crippen molar-refractivity contribution < 1.29 is 4.42 Å². The third-order valence-electron chi connectivity index (χ3n) is 2.04. The molecule has 0 saturated carbocycles. The summed E-state index contributed by atoms with van der Waals surface area (Å²) < 4.78 is 5.18. The Morgan fingerprint density at radius 3 is 2.88 bits per heavy atom. The van der Waals surface area contributed by atoms with E-state index in [2.05, 4.69) is 20.6 Å². The largest absolute Gasteiger partial charge is 0.449 e. The van der Waals surface area contributed by atoms with Crippen LogP contribution in [0.25, 0.3) is 0 Å². The fourth-order valence-corrected chi connectivity index (χ4v) is 1.32. The molecule has 0 aliphatic carbocycles. The first-order valence-electron chi connectivity index (χ1n) is 5.05. The fourth-order valence-electron chi connectivity index (χ4n) is 1.32. The van der Waals surface area contributed by atoms with Gasteiger partial charge in [0.25, 0.3) is 0 Å². The van der Waals surface area contributed by atoms with E-state index in [0.717, 1.165) is 5.96 Å². The molecule has 0 radical (unpaired) electrons. The fraction of sp³-hybridized carbons (Fsp3) is 0.400. The first-order chi connectivity index (χ1) is 7.65. The number of hydrogen-bond acceptors (Lipinski definition) is 6. The van der Waals surface area contributed by atoms with Crippen LogP contribution >= 0.6 is 0 Å². The summed E-state index contributed by atoms with van der Waals surface area (Å²) >= 11 is 0. The van der Waals surface area contributed by atoms with Gasteiger partial charge in [0.15, 0.2) is 5.88 Å². The Hall–Kier alpha value is -1.98. The van der Waals surface area contributed by atoms with Gasteiger partial charge in [-0.2, -0.15) is 0 Å². The lowest BCUT2D eigenvalue weighted by Gasteiger charge is -2.23. The second-order valence-electron chi connectivity index (χ2n) is 3.68. The third-order valence-corrected chi connectivity index (χ3v) is 2.04. The Labute approximate surface area is 94.1 Å². The molecule has 1 aliphatic rings. The lowest BCUT2D eigenvalue weighted by Crippen LogP contribution is -2.46. The van der Waals surface area contributed by atoms with Gasteiger partial charge in [0.2, 0.25) is 11.9 Å². The molecule has 0 aromatic carbocycles. The molecule has 1 atom stereocenters. The van der Waals surface area contributed by atoms with Crippen LogP contribution in [0.5, 0.6) is 0 Å². The second-order valence-corrected chi connectivity index (χ2v) is 3.68. The van der Waals surface area contributed by atoms with E-state index in [0.29, 0.717) is 11.8 Å². The first kappa shape index (κ1) is 10.5. The van der Waals surface area contributed by atoms with Gasteiger partial charge in [0.1, 0.15) is 6.17 Å². The normalized spacial score (nSPS) is 19.6. The smallest absolute Gasteiger partial charge is 0.207 e. The van der Waals surface area contributed by atoms with Crippen LogP contribution in [-0.2, 0) is 0 Å².